The van der Waals surface area contributed by atoms with Gasteiger partial charge in [-0.3, -0.25) is 4.79 Å². The second-order valence-electron chi connectivity index (χ2n) is 6.33. The first-order valence-electron chi connectivity index (χ1n) is 8.64. The van der Waals surface area contributed by atoms with Crippen LogP contribution in [-0.2, 0) is 11.3 Å². The highest BCUT2D eigenvalue weighted by Crippen LogP contribution is 2.54. The summed E-state index contributed by atoms with van der Waals surface area (Å²) in [6.45, 7) is 9.11. The molecule has 0 radical (unpaired) electrons. The fourth-order valence-corrected chi connectivity index (χ4v) is 3.85. The van der Waals surface area contributed by atoms with E-state index in [1.54, 1.807) is 6.08 Å². The Morgan fingerprint density at radius 3 is 2.80 bits per heavy atom. The van der Waals surface area contributed by atoms with Crippen molar-refractivity contribution in [2.75, 3.05) is 12.3 Å². The second kappa shape index (κ2) is 7.87. The Balaban J connectivity index is 1.65. The number of carbonyl (C=O) groups excluding carboxylic acids is 1. The van der Waals surface area contributed by atoms with Gasteiger partial charge in [-0.1, -0.05) is 47.7 Å². The topological polar surface area (TPSA) is 59.8 Å². The molecule has 3 rings (SSSR count). The van der Waals surface area contributed by atoms with Crippen LogP contribution in [0.15, 0.2) is 42.1 Å². The molecule has 1 aromatic heterocycles. The molecule has 1 aliphatic rings. The molecule has 0 saturated heterocycles. The van der Waals surface area contributed by atoms with E-state index in [-0.39, 0.29) is 5.91 Å². The van der Waals surface area contributed by atoms with Gasteiger partial charge in [-0.25, -0.2) is 0 Å². The molecule has 1 N–H and O–H groups in total. The molecule has 2 aromatic rings. The van der Waals surface area contributed by atoms with Crippen molar-refractivity contribution in [2.45, 2.75) is 43.8 Å². The molecular weight excluding hydrogens is 332 g/mol. The van der Waals surface area contributed by atoms with Crippen molar-refractivity contribution in [3.05, 3.63) is 53.9 Å². The van der Waals surface area contributed by atoms with E-state index in [2.05, 4.69) is 64.8 Å². The molecule has 132 valence electrons. The van der Waals surface area contributed by atoms with Gasteiger partial charge in [-0.2, -0.15) is 0 Å². The third-order valence-electron chi connectivity index (χ3n) is 4.47. The molecule has 1 heterocycles. The molecule has 25 heavy (non-hydrogen) atoms. The lowest BCUT2D eigenvalue weighted by molar-refractivity contribution is -0.118. The van der Waals surface area contributed by atoms with Crippen molar-refractivity contribution in [3.63, 3.8) is 0 Å². The minimum Gasteiger partial charge on any atom is -0.352 e. The summed E-state index contributed by atoms with van der Waals surface area (Å²) in [5, 5.41) is 12.3. The Morgan fingerprint density at radius 2 is 2.12 bits per heavy atom. The molecule has 0 aliphatic heterocycles. The number of nitrogens with one attached hydrogen (secondary N) is 1. The van der Waals surface area contributed by atoms with Crippen LogP contribution in [0.1, 0.15) is 42.1 Å². The highest BCUT2D eigenvalue weighted by atomic mass is 32.2. The number of amides is 1. The van der Waals surface area contributed by atoms with Gasteiger partial charge in [0.1, 0.15) is 5.82 Å². The van der Waals surface area contributed by atoms with Gasteiger partial charge >= 0.3 is 0 Å². The van der Waals surface area contributed by atoms with Crippen LogP contribution in [0, 0.1) is 6.92 Å². The lowest BCUT2D eigenvalue weighted by Crippen LogP contribution is -2.25. The van der Waals surface area contributed by atoms with Gasteiger partial charge in [0.15, 0.2) is 5.16 Å². The van der Waals surface area contributed by atoms with Crippen molar-refractivity contribution in [3.8, 4) is 0 Å². The normalized spacial score (nSPS) is 18.8. The summed E-state index contributed by atoms with van der Waals surface area (Å²) in [4.78, 5) is 11.8. The molecule has 2 atom stereocenters. The van der Waals surface area contributed by atoms with Gasteiger partial charge < -0.3 is 9.88 Å². The number of nitrogens with zero attached hydrogens (tertiary/aromatic N) is 3. The van der Waals surface area contributed by atoms with E-state index in [9.17, 15) is 4.79 Å². The molecule has 5 nitrogen and oxygen atoms in total. The van der Waals surface area contributed by atoms with Gasteiger partial charge in [0.25, 0.3) is 0 Å². The van der Waals surface area contributed by atoms with Crippen LogP contribution in [0.3, 0.4) is 0 Å². The van der Waals surface area contributed by atoms with Crippen molar-refractivity contribution < 1.29 is 4.79 Å². The van der Waals surface area contributed by atoms with Gasteiger partial charge in [-0.15, -0.1) is 16.8 Å². The van der Waals surface area contributed by atoms with E-state index in [0.717, 1.165) is 23.9 Å². The Labute approximate surface area is 152 Å². The van der Waals surface area contributed by atoms with E-state index in [1.165, 1.54) is 22.9 Å². The third kappa shape index (κ3) is 4.12. The van der Waals surface area contributed by atoms with Crippen molar-refractivity contribution in [1.29, 1.82) is 0 Å². The van der Waals surface area contributed by atoms with Gasteiger partial charge in [0, 0.05) is 19.0 Å². The summed E-state index contributed by atoms with van der Waals surface area (Å²) in [6, 6.07) is 8.76. The molecule has 0 bridgehead atoms. The van der Waals surface area contributed by atoms with E-state index >= 15 is 0 Å². The maximum atomic E-state index is 11.8. The zero-order valence-corrected chi connectivity index (χ0v) is 15.6. The predicted molar refractivity (Wildman–Crippen MR) is 101 cm³/mol. The first kappa shape index (κ1) is 17.7. The number of carbonyl (C=O) groups is 1. The fraction of sp³-hybridized carbons (Fsp3) is 0.421. The van der Waals surface area contributed by atoms with Gasteiger partial charge in [0.05, 0.1) is 5.75 Å². The van der Waals surface area contributed by atoms with E-state index in [1.807, 2.05) is 0 Å². The van der Waals surface area contributed by atoms with E-state index in [4.69, 9.17) is 0 Å². The largest absolute Gasteiger partial charge is 0.352 e. The predicted octanol–water partition coefficient (Wildman–Crippen LogP) is 3.27. The van der Waals surface area contributed by atoms with Crippen LogP contribution in [0.5, 0.6) is 0 Å². The minimum absolute atomic E-state index is 0.0129. The van der Waals surface area contributed by atoms with Crippen LogP contribution in [0.25, 0.3) is 0 Å². The third-order valence-corrected chi connectivity index (χ3v) is 5.43. The number of aryl methyl sites for hydroxylation is 1. The van der Waals surface area contributed by atoms with Crippen LogP contribution < -0.4 is 5.32 Å². The molecule has 1 amide bonds. The highest BCUT2D eigenvalue weighted by molar-refractivity contribution is 7.99. The van der Waals surface area contributed by atoms with Crippen LogP contribution in [-0.4, -0.2) is 33.0 Å². The van der Waals surface area contributed by atoms with E-state index in [0.29, 0.717) is 24.1 Å². The van der Waals surface area contributed by atoms with Gasteiger partial charge in [0.2, 0.25) is 5.91 Å². The average Bonchev–Trinajstić information content (AvgIpc) is 3.30. The Bertz CT molecular complexity index is 753. The number of benzene rings is 1. The quantitative estimate of drug-likeness (QED) is 0.582. The monoisotopic (exact) mass is 356 g/mol. The van der Waals surface area contributed by atoms with Gasteiger partial charge in [-0.05, 0) is 31.7 Å². The Morgan fingerprint density at radius 1 is 1.36 bits per heavy atom. The second-order valence-corrected chi connectivity index (χ2v) is 7.27. The maximum Gasteiger partial charge on any atom is 0.230 e. The standard InChI is InChI=1S/C19H24N4OS/c1-4-10-20-17(24)12-25-19-22-21-18(23(19)5-2)16-11-15(16)14-8-6-13(3)7-9-14/h4,6-9,15-16H,1,5,10-12H2,2-3H3,(H,20,24). The number of aromatic nitrogens is 3. The Hall–Kier alpha value is -2.08. The lowest BCUT2D eigenvalue weighted by Gasteiger charge is -2.07. The summed E-state index contributed by atoms with van der Waals surface area (Å²) < 4.78 is 2.14. The SMILES string of the molecule is C=CCNC(=O)CSc1nnc(C2CC2c2ccc(C)cc2)n1CC. The van der Waals surface area contributed by atoms with Crippen LogP contribution in [0.2, 0.25) is 0 Å². The molecule has 1 aromatic carbocycles. The average molecular weight is 356 g/mol. The summed E-state index contributed by atoms with van der Waals surface area (Å²) >= 11 is 1.44. The highest BCUT2D eigenvalue weighted by Gasteiger charge is 2.43. The number of rotatable bonds is 8. The molecule has 1 saturated carbocycles. The lowest BCUT2D eigenvalue weighted by atomic mass is 10.1. The number of thioether (sulfide) groups is 1. The number of hydrogen-bond acceptors (Lipinski definition) is 4. The van der Waals surface area contributed by atoms with Crippen molar-refractivity contribution >= 4 is 17.7 Å². The first-order chi connectivity index (χ1) is 12.1. The zero-order valence-electron chi connectivity index (χ0n) is 14.7. The first-order valence-corrected chi connectivity index (χ1v) is 9.62. The molecular formula is C19H24N4OS. The summed E-state index contributed by atoms with van der Waals surface area (Å²) in [7, 11) is 0. The number of hydrogen-bond donors (Lipinski definition) is 1. The summed E-state index contributed by atoms with van der Waals surface area (Å²) in [6.07, 6.45) is 2.79. The van der Waals surface area contributed by atoms with Crippen LogP contribution in [0.4, 0.5) is 0 Å². The molecule has 0 spiro atoms. The smallest absolute Gasteiger partial charge is 0.230 e. The van der Waals surface area contributed by atoms with E-state index < -0.39 is 0 Å². The molecule has 6 heteroatoms. The van der Waals surface area contributed by atoms with Crippen molar-refractivity contribution in [1.82, 2.24) is 20.1 Å². The summed E-state index contributed by atoms with van der Waals surface area (Å²) in [5.74, 6) is 2.34. The summed E-state index contributed by atoms with van der Waals surface area (Å²) in [5.41, 5.74) is 2.66. The molecule has 1 fully saturated rings. The maximum absolute atomic E-state index is 11.8. The van der Waals surface area contributed by atoms with Crippen molar-refractivity contribution in [2.24, 2.45) is 0 Å². The Kier molecular flexibility index (Phi) is 5.58. The fourth-order valence-electron chi connectivity index (χ4n) is 3.01. The minimum atomic E-state index is -0.0129. The molecule has 1 aliphatic carbocycles. The zero-order chi connectivity index (χ0) is 17.8. The molecule has 2 unspecified atom stereocenters. The van der Waals surface area contributed by atoms with Crippen LogP contribution >= 0.6 is 11.8 Å².